The van der Waals surface area contributed by atoms with Gasteiger partial charge in [-0.1, -0.05) is 93.1 Å². The van der Waals surface area contributed by atoms with Gasteiger partial charge < -0.3 is 14.0 Å². The molecule has 0 fully saturated rings. The Morgan fingerprint density at radius 3 is 2.53 bits per heavy atom. The summed E-state index contributed by atoms with van der Waals surface area (Å²) in [6.07, 6.45) is 5.32. The molecule has 8 rings (SSSR count). The van der Waals surface area contributed by atoms with E-state index in [-0.39, 0.29) is 25.5 Å². The van der Waals surface area contributed by atoms with Crippen LogP contribution < -0.4 is 0 Å². The van der Waals surface area contributed by atoms with Crippen LogP contribution in [0.4, 0.5) is 0 Å². The quantitative estimate of drug-likeness (QED) is 0.167. The van der Waals surface area contributed by atoms with Crippen molar-refractivity contribution in [3.05, 3.63) is 126 Å². The summed E-state index contributed by atoms with van der Waals surface area (Å²) in [4.78, 5) is 9.42. The van der Waals surface area contributed by atoms with E-state index in [9.17, 15) is 0 Å². The van der Waals surface area contributed by atoms with Crippen LogP contribution in [0.5, 0.6) is 0 Å². The molecule has 0 unspecified atom stereocenters. The van der Waals surface area contributed by atoms with Gasteiger partial charge in [-0.15, -0.1) is 54.1 Å². The summed E-state index contributed by atoms with van der Waals surface area (Å²) in [5, 5.41) is 2.26. The van der Waals surface area contributed by atoms with Crippen molar-refractivity contribution < 1.29 is 24.5 Å². The van der Waals surface area contributed by atoms with Gasteiger partial charge in [-0.2, -0.15) is 0 Å². The van der Waals surface area contributed by atoms with Crippen molar-refractivity contribution in [1.82, 2.24) is 14.5 Å². The number of allylic oxidation sites excluding steroid dienone is 1. The Kier molecular flexibility index (Phi) is 9.07. The van der Waals surface area contributed by atoms with E-state index in [1.54, 1.807) is 0 Å². The molecule has 4 aromatic carbocycles. The maximum absolute atomic E-state index is 6.15. The molecule has 0 saturated carbocycles. The molecule has 0 aliphatic carbocycles. The maximum Gasteiger partial charge on any atom is 0.121 e. The van der Waals surface area contributed by atoms with Crippen molar-refractivity contribution in [3.63, 3.8) is 0 Å². The first kappa shape index (κ1) is 32.6. The summed E-state index contributed by atoms with van der Waals surface area (Å²) in [5.41, 5.74) is 12.5. The fourth-order valence-corrected chi connectivity index (χ4v) is 6.46. The molecular formula is C42H39IrN3O-2. The molecule has 4 nitrogen and oxygen atoms in total. The summed E-state index contributed by atoms with van der Waals surface area (Å²) < 4.78 is 8.51. The zero-order valence-corrected chi connectivity index (χ0v) is 30.2. The summed E-state index contributed by atoms with van der Waals surface area (Å²) >= 11 is 0. The van der Waals surface area contributed by atoms with E-state index >= 15 is 0 Å². The molecule has 0 amide bonds. The third kappa shape index (κ3) is 6.61. The van der Waals surface area contributed by atoms with E-state index in [0.717, 1.165) is 63.1 Å². The second-order valence-corrected chi connectivity index (χ2v) is 13.9. The topological polar surface area (TPSA) is 43.9 Å². The van der Waals surface area contributed by atoms with Crippen LogP contribution in [0, 0.1) is 24.5 Å². The number of hydrogen-bond donors (Lipinski definition) is 0. The Balaban J connectivity index is 0.000000161. The van der Waals surface area contributed by atoms with Crippen molar-refractivity contribution >= 4 is 39.0 Å². The molecule has 239 valence electrons. The zero-order chi connectivity index (χ0) is 32.0. The molecule has 0 atom stereocenters. The van der Waals surface area contributed by atoms with Gasteiger partial charge in [-0.3, -0.25) is 4.98 Å². The number of benzene rings is 4. The van der Waals surface area contributed by atoms with Gasteiger partial charge in [0.2, 0.25) is 0 Å². The summed E-state index contributed by atoms with van der Waals surface area (Å²) in [6, 6.07) is 35.7. The minimum atomic E-state index is 0. The SMILES string of the molecule is CC(C)(C)CC1=Cc2cccc3nc(-c4[c-]cccc4)n(c23)C1.Cc1ccc2c(c1)oc1c(-c3cc(C(C)C)ccn3)[c-]ccc12.[Ir]. The molecule has 0 spiro atoms. The fraction of sp³-hybridized carbons (Fsp3) is 0.238. The standard InChI is InChI=1S/C21H21N2.C21H18NO.Ir/c1-21(2,3)13-15-12-17-10-7-11-18-19(17)23(14-15)20(22-18)16-8-5-4-6-9-16;1-13(2)15-9-10-22-19(12-15)18-6-4-5-17-16-8-7-14(3)11-20(16)23-21(17)18;/h4-8,10-12H,13-14H2,1-3H3;4-5,7-13H,1-3H3;/q2*-1;. The number of nitrogens with zero attached hydrogens (tertiary/aromatic N) is 3. The number of aromatic nitrogens is 3. The maximum atomic E-state index is 6.15. The summed E-state index contributed by atoms with van der Waals surface area (Å²) in [6.45, 7) is 14.3. The van der Waals surface area contributed by atoms with Gasteiger partial charge >= 0.3 is 0 Å². The molecule has 0 saturated heterocycles. The van der Waals surface area contributed by atoms with Crippen LogP contribution in [-0.2, 0) is 26.7 Å². The van der Waals surface area contributed by atoms with Crippen LogP contribution >= 0.6 is 0 Å². The Hall–Kier alpha value is -4.31. The third-order valence-electron chi connectivity index (χ3n) is 8.52. The van der Waals surface area contributed by atoms with Crippen LogP contribution in [0.1, 0.15) is 63.6 Å². The molecule has 0 bridgehead atoms. The fourth-order valence-electron chi connectivity index (χ4n) is 6.46. The molecular weight excluding hydrogens is 755 g/mol. The Labute approximate surface area is 290 Å². The van der Waals surface area contributed by atoms with E-state index in [1.165, 1.54) is 27.8 Å². The molecule has 1 aliphatic rings. The van der Waals surface area contributed by atoms with Crippen molar-refractivity contribution in [3.8, 4) is 22.6 Å². The van der Waals surface area contributed by atoms with Gasteiger partial charge in [-0.25, -0.2) is 0 Å². The number of hydrogen-bond acceptors (Lipinski definition) is 3. The van der Waals surface area contributed by atoms with Gasteiger partial charge in [0.25, 0.3) is 0 Å². The average Bonchev–Trinajstić information content (AvgIpc) is 3.60. The smallest absolute Gasteiger partial charge is 0.121 e. The zero-order valence-electron chi connectivity index (χ0n) is 27.8. The normalized spacial score (nSPS) is 12.6. The van der Waals surface area contributed by atoms with Crippen LogP contribution in [0.15, 0.2) is 101 Å². The molecule has 47 heavy (non-hydrogen) atoms. The van der Waals surface area contributed by atoms with Crippen LogP contribution in [0.3, 0.4) is 0 Å². The number of para-hydroxylation sites is 1. The van der Waals surface area contributed by atoms with Crippen molar-refractivity contribution in [1.29, 1.82) is 0 Å². The number of imidazole rings is 1. The first-order valence-electron chi connectivity index (χ1n) is 16.1. The van der Waals surface area contributed by atoms with Crippen LogP contribution in [-0.4, -0.2) is 14.5 Å². The van der Waals surface area contributed by atoms with E-state index in [2.05, 4.69) is 130 Å². The number of furan rings is 1. The molecule has 1 radical (unpaired) electrons. The van der Waals surface area contributed by atoms with Crippen LogP contribution in [0.25, 0.3) is 61.7 Å². The molecule has 5 heteroatoms. The van der Waals surface area contributed by atoms with Gasteiger partial charge in [0.05, 0.1) is 22.4 Å². The monoisotopic (exact) mass is 794 g/mol. The Bertz CT molecular complexity index is 2230. The van der Waals surface area contributed by atoms with Crippen molar-refractivity contribution in [2.75, 3.05) is 0 Å². The summed E-state index contributed by atoms with van der Waals surface area (Å²) in [5.74, 6) is 1.49. The van der Waals surface area contributed by atoms with Crippen molar-refractivity contribution in [2.24, 2.45) is 5.41 Å². The second-order valence-electron chi connectivity index (χ2n) is 13.9. The molecule has 7 aromatic rings. The first-order valence-corrected chi connectivity index (χ1v) is 16.1. The van der Waals surface area contributed by atoms with Gasteiger partial charge in [0.1, 0.15) is 5.58 Å². The summed E-state index contributed by atoms with van der Waals surface area (Å²) in [7, 11) is 0. The molecule has 4 heterocycles. The Morgan fingerprint density at radius 2 is 1.77 bits per heavy atom. The molecule has 3 aromatic heterocycles. The number of pyridine rings is 1. The van der Waals surface area contributed by atoms with Gasteiger partial charge in [0, 0.05) is 38.2 Å². The minimum absolute atomic E-state index is 0. The van der Waals surface area contributed by atoms with E-state index < -0.39 is 0 Å². The van der Waals surface area contributed by atoms with E-state index in [0.29, 0.717) is 5.92 Å². The van der Waals surface area contributed by atoms with Gasteiger partial charge in [-0.05, 0) is 59.7 Å². The van der Waals surface area contributed by atoms with E-state index in [4.69, 9.17) is 9.40 Å². The van der Waals surface area contributed by atoms with Crippen molar-refractivity contribution in [2.45, 2.75) is 60.4 Å². The average molecular weight is 794 g/mol. The van der Waals surface area contributed by atoms with Gasteiger partial charge in [0.15, 0.2) is 0 Å². The predicted octanol–water partition coefficient (Wildman–Crippen LogP) is 11.2. The predicted molar refractivity (Wildman–Crippen MR) is 191 cm³/mol. The Morgan fingerprint density at radius 1 is 0.915 bits per heavy atom. The number of rotatable bonds is 4. The second kappa shape index (κ2) is 13.1. The van der Waals surface area contributed by atoms with E-state index in [1.807, 2.05) is 30.5 Å². The first-order chi connectivity index (χ1) is 22.1. The molecule has 1 aliphatic heterocycles. The largest absolute Gasteiger partial charge is 0.501 e. The van der Waals surface area contributed by atoms with Crippen LogP contribution in [0.2, 0.25) is 0 Å². The third-order valence-corrected chi connectivity index (χ3v) is 8.52. The number of fused-ring (bicyclic) bond motifs is 3. The number of aryl methyl sites for hydroxylation is 1. The molecule has 0 N–H and O–H groups in total. The minimum Gasteiger partial charge on any atom is -0.501 e.